The lowest BCUT2D eigenvalue weighted by Crippen LogP contribution is -2.18. The fraction of sp³-hybridized carbons (Fsp3) is 0.125. The van der Waals surface area contributed by atoms with Gasteiger partial charge in [0.15, 0.2) is 0 Å². The van der Waals surface area contributed by atoms with Gasteiger partial charge in [0.2, 0.25) is 10.0 Å². The summed E-state index contributed by atoms with van der Waals surface area (Å²) in [6.07, 6.45) is 4.98. The number of aromatic nitrogens is 3. The van der Waals surface area contributed by atoms with E-state index in [0.717, 1.165) is 11.1 Å². The van der Waals surface area contributed by atoms with Crippen LogP contribution in [0.2, 0.25) is 0 Å². The largest absolute Gasteiger partial charge is 0.267 e. The van der Waals surface area contributed by atoms with E-state index in [4.69, 9.17) is 0 Å². The van der Waals surface area contributed by atoms with Crippen molar-refractivity contribution < 1.29 is 8.42 Å². The number of hydrogen-bond acceptors (Lipinski definition) is 4. The van der Waals surface area contributed by atoms with Crippen molar-refractivity contribution in [2.75, 3.05) is 4.72 Å². The second kappa shape index (κ2) is 6.62. The predicted octanol–water partition coefficient (Wildman–Crippen LogP) is 2.27. The van der Waals surface area contributed by atoms with Crippen LogP contribution in [0, 0.1) is 0 Å². The lowest BCUT2D eigenvalue weighted by Gasteiger charge is -2.10. The Kier molecular flexibility index (Phi) is 4.38. The molecule has 0 saturated heterocycles. The monoisotopic (exact) mass is 328 g/mol. The molecule has 0 aliphatic rings. The molecule has 0 spiro atoms. The number of nitrogens with one attached hydrogen (secondary N) is 1. The second-order valence-electron chi connectivity index (χ2n) is 5.08. The van der Waals surface area contributed by atoms with Crippen molar-refractivity contribution in [1.82, 2.24) is 14.8 Å². The maximum absolute atomic E-state index is 12.3. The average molecular weight is 328 g/mol. The molecule has 6 nitrogen and oxygen atoms in total. The summed E-state index contributed by atoms with van der Waals surface area (Å²) in [6.45, 7) is 0.448. The van der Waals surface area contributed by atoms with Crippen LogP contribution in [0.4, 0.5) is 5.82 Å². The minimum atomic E-state index is -3.50. The van der Waals surface area contributed by atoms with Crippen LogP contribution in [0.25, 0.3) is 0 Å². The van der Waals surface area contributed by atoms with Crippen molar-refractivity contribution in [3.63, 3.8) is 0 Å². The van der Waals surface area contributed by atoms with Crippen LogP contribution in [-0.2, 0) is 22.3 Å². The highest BCUT2D eigenvalue weighted by atomic mass is 32.2. The zero-order chi connectivity index (χ0) is 16.1. The minimum absolute atomic E-state index is 0.0775. The fourth-order valence-corrected chi connectivity index (χ4v) is 3.39. The maximum atomic E-state index is 12.3. The average Bonchev–Trinajstić information content (AvgIpc) is 2.95. The highest BCUT2D eigenvalue weighted by Gasteiger charge is 2.14. The van der Waals surface area contributed by atoms with Crippen molar-refractivity contribution in [1.29, 1.82) is 0 Å². The lowest BCUT2D eigenvalue weighted by molar-refractivity contribution is 0.598. The zero-order valence-corrected chi connectivity index (χ0v) is 13.1. The van der Waals surface area contributed by atoms with Crippen LogP contribution in [0.5, 0.6) is 0 Å². The molecule has 23 heavy (non-hydrogen) atoms. The molecule has 0 aliphatic heterocycles. The number of benzene rings is 1. The van der Waals surface area contributed by atoms with Gasteiger partial charge in [0, 0.05) is 18.5 Å². The van der Waals surface area contributed by atoms with Crippen molar-refractivity contribution in [3.8, 4) is 0 Å². The van der Waals surface area contributed by atoms with E-state index in [9.17, 15) is 8.42 Å². The Bertz CT molecular complexity index is 861. The summed E-state index contributed by atoms with van der Waals surface area (Å²) in [5.74, 6) is 0.358. The Labute approximate surface area is 134 Å². The standard InChI is InChI=1S/C16H16N4O2S/c21-23(22,13-14-5-2-1-3-6-14)19-16-8-10-18-20(16)12-15-7-4-9-17-11-15/h1-11,19H,12-13H2. The van der Waals surface area contributed by atoms with E-state index in [0.29, 0.717) is 12.4 Å². The third kappa shape index (κ3) is 4.17. The Morgan fingerprint density at radius 1 is 0.957 bits per heavy atom. The third-order valence-corrected chi connectivity index (χ3v) is 4.46. The molecule has 118 valence electrons. The molecule has 7 heteroatoms. The van der Waals surface area contributed by atoms with Crippen molar-refractivity contribution in [2.45, 2.75) is 12.3 Å². The molecule has 0 fully saturated rings. The van der Waals surface area contributed by atoms with Gasteiger partial charge in [-0.3, -0.25) is 9.71 Å². The molecule has 2 aromatic heterocycles. The highest BCUT2D eigenvalue weighted by molar-refractivity contribution is 7.91. The van der Waals surface area contributed by atoms with Crippen molar-refractivity contribution in [2.24, 2.45) is 0 Å². The molecule has 0 saturated carbocycles. The van der Waals surface area contributed by atoms with Crippen molar-refractivity contribution >= 4 is 15.8 Å². The molecular weight excluding hydrogens is 312 g/mol. The molecule has 3 rings (SSSR count). The zero-order valence-electron chi connectivity index (χ0n) is 12.3. The van der Waals surface area contributed by atoms with E-state index >= 15 is 0 Å². The van der Waals surface area contributed by atoms with Crippen LogP contribution < -0.4 is 4.72 Å². The first kappa shape index (κ1) is 15.2. The first-order valence-corrected chi connectivity index (χ1v) is 8.73. The third-order valence-electron chi connectivity index (χ3n) is 3.23. The summed E-state index contributed by atoms with van der Waals surface area (Å²) < 4.78 is 28.8. The normalized spacial score (nSPS) is 11.3. The second-order valence-corrected chi connectivity index (χ2v) is 6.80. The molecule has 0 bridgehead atoms. The molecular formula is C16H16N4O2S. The van der Waals surface area contributed by atoms with Gasteiger partial charge in [-0.15, -0.1) is 0 Å². The first-order valence-electron chi connectivity index (χ1n) is 7.07. The summed E-state index contributed by atoms with van der Waals surface area (Å²) >= 11 is 0. The Morgan fingerprint density at radius 3 is 2.48 bits per heavy atom. The highest BCUT2D eigenvalue weighted by Crippen LogP contribution is 2.14. The van der Waals surface area contributed by atoms with Gasteiger partial charge in [-0.25, -0.2) is 13.1 Å². The maximum Gasteiger partial charge on any atom is 0.238 e. The van der Waals surface area contributed by atoms with Gasteiger partial charge in [0.25, 0.3) is 0 Å². The number of anilines is 1. The molecule has 0 unspecified atom stereocenters. The lowest BCUT2D eigenvalue weighted by atomic mass is 10.2. The summed E-state index contributed by atoms with van der Waals surface area (Å²) in [4.78, 5) is 4.05. The van der Waals surface area contributed by atoms with E-state index in [1.165, 1.54) is 0 Å². The van der Waals surface area contributed by atoms with E-state index in [1.54, 1.807) is 41.5 Å². The van der Waals surface area contributed by atoms with Gasteiger partial charge >= 0.3 is 0 Å². The number of nitrogens with zero attached hydrogens (tertiary/aromatic N) is 3. The summed E-state index contributed by atoms with van der Waals surface area (Å²) in [7, 11) is -3.50. The molecule has 0 aliphatic carbocycles. The van der Waals surface area contributed by atoms with Crippen LogP contribution in [-0.4, -0.2) is 23.2 Å². The molecule has 1 aromatic carbocycles. The summed E-state index contributed by atoms with van der Waals surface area (Å²) in [5, 5.41) is 4.16. The predicted molar refractivity (Wildman–Crippen MR) is 88.3 cm³/mol. The molecule has 0 atom stereocenters. The molecule has 1 N–H and O–H groups in total. The van der Waals surface area contributed by atoms with E-state index < -0.39 is 10.0 Å². The summed E-state index contributed by atoms with van der Waals surface area (Å²) in [6, 6.07) is 14.4. The van der Waals surface area contributed by atoms with Gasteiger partial charge in [-0.1, -0.05) is 36.4 Å². The number of sulfonamides is 1. The Balaban J connectivity index is 1.74. The van der Waals surface area contributed by atoms with Crippen LogP contribution >= 0.6 is 0 Å². The minimum Gasteiger partial charge on any atom is -0.267 e. The number of pyridine rings is 1. The number of hydrogen-bond donors (Lipinski definition) is 1. The van der Waals surface area contributed by atoms with E-state index in [2.05, 4.69) is 14.8 Å². The fourth-order valence-electron chi connectivity index (χ4n) is 2.20. The summed E-state index contributed by atoms with van der Waals surface area (Å²) in [5.41, 5.74) is 1.68. The molecule has 3 aromatic rings. The van der Waals surface area contributed by atoms with Crippen molar-refractivity contribution in [3.05, 3.63) is 78.2 Å². The van der Waals surface area contributed by atoms with Gasteiger partial charge < -0.3 is 0 Å². The molecule has 0 radical (unpaired) electrons. The Hall–Kier alpha value is -2.67. The molecule has 0 amide bonds. The molecule has 2 heterocycles. The Morgan fingerprint density at radius 2 is 1.74 bits per heavy atom. The van der Waals surface area contributed by atoms with E-state index in [-0.39, 0.29) is 5.75 Å². The van der Waals surface area contributed by atoms with Gasteiger partial charge in [0.05, 0.1) is 18.5 Å². The van der Waals surface area contributed by atoms with E-state index in [1.807, 2.05) is 30.3 Å². The van der Waals surface area contributed by atoms with Gasteiger partial charge in [-0.2, -0.15) is 5.10 Å². The van der Waals surface area contributed by atoms with Crippen LogP contribution in [0.3, 0.4) is 0 Å². The van der Waals surface area contributed by atoms with Crippen LogP contribution in [0.15, 0.2) is 67.1 Å². The number of rotatable bonds is 6. The quantitative estimate of drug-likeness (QED) is 0.753. The SMILES string of the molecule is O=S(=O)(Cc1ccccc1)Nc1ccnn1Cc1cccnc1. The van der Waals surface area contributed by atoms with Gasteiger partial charge in [0.1, 0.15) is 5.82 Å². The smallest absolute Gasteiger partial charge is 0.238 e. The van der Waals surface area contributed by atoms with Crippen LogP contribution in [0.1, 0.15) is 11.1 Å². The first-order chi connectivity index (χ1) is 11.1. The topological polar surface area (TPSA) is 76.9 Å². The van der Waals surface area contributed by atoms with Gasteiger partial charge in [-0.05, 0) is 17.2 Å².